The maximum absolute atomic E-state index is 13.0. The maximum Gasteiger partial charge on any atom is 0.303 e. The molecule has 3 nitrogen and oxygen atoms in total. The molecule has 0 saturated heterocycles. The van der Waals surface area contributed by atoms with Crippen LogP contribution in [0.25, 0.3) is 0 Å². The van der Waals surface area contributed by atoms with Crippen molar-refractivity contribution in [1.82, 2.24) is 0 Å². The lowest BCUT2D eigenvalue weighted by Gasteiger charge is -2.22. The Hall–Kier alpha value is -1.29. The smallest absolute Gasteiger partial charge is 0.303 e. The molecule has 1 N–H and O–H groups in total. The highest BCUT2D eigenvalue weighted by molar-refractivity contribution is 6.31. The molecule has 0 aromatic heterocycles. The summed E-state index contributed by atoms with van der Waals surface area (Å²) < 4.78 is 13.0. The molecule has 17 heavy (non-hydrogen) atoms. The van der Waals surface area contributed by atoms with Gasteiger partial charge in [-0.1, -0.05) is 18.5 Å². The molecule has 0 aliphatic carbocycles. The Balaban J connectivity index is 2.66. The summed E-state index contributed by atoms with van der Waals surface area (Å²) in [7, 11) is 1.82. The summed E-state index contributed by atoms with van der Waals surface area (Å²) in [5.74, 6) is -1.26. The van der Waals surface area contributed by atoms with E-state index in [4.69, 9.17) is 16.7 Å². The summed E-state index contributed by atoms with van der Waals surface area (Å²) in [5, 5.41) is 8.73. The number of rotatable bonds is 5. The molecule has 0 radical (unpaired) electrons. The summed E-state index contributed by atoms with van der Waals surface area (Å²) >= 11 is 5.68. The van der Waals surface area contributed by atoms with E-state index in [1.165, 1.54) is 12.1 Å². The topological polar surface area (TPSA) is 40.5 Å². The lowest BCUT2D eigenvalue weighted by atomic mass is 10.1. The van der Waals surface area contributed by atoms with E-state index in [2.05, 4.69) is 0 Å². The van der Waals surface area contributed by atoms with Crippen molar-refractivity contribution < 1.29 is 14.3 Å². The molecule has 0 amide bonds. The Kier molecular flexibility index (Phi) is 4.75. The zero-order chi connectivity index (χ0) is 13.0. The molecule has 1 aromatic carbocycles. The Bertz CT molecular complexity index is 411. The molecular formula is C12H15ClFNO2. The summed E-state index contributed by atoms with van der Waals surface area (Å²) in [6.07, 6.45) is 0.110. The minimum absolute atomic E-state index is 0.0151. The number of nitrogens with zero attached hydrogens (tertiary/aromatic N) is 1. The zero-order valence-corrected chi connectivity index (χ0v) is 10.5. The quantitative estimate of drug-likeness (QED) is 0.884. The Morgan fingerprint density at radius 3 is 2.76 bits per heavy atom. The number of halogens is 2. The molecule has 0 heterocycles. The normalized spacial score (nSPS) is 12.2. The Morgan fingerprint density at radius 2 is 2.24 bits per heavy atom. The number of hydrogen-bond acceptors (Lipinski definition) is 2. The number of carboxylic acid groups (broad SMARTS) is 1. The largest absolute Gasteiger partial charge is 0.481 e. The van der Waals surface area contributed by atoms with E-state index in [-0.39, 0.29) is 17.4 Å². The van der Waals surface area contributed by atoms with Crippen molar-refractivity contribution in [1.29, 1.82) is 0 Å². The van der Waals surface area contributed by atoms with Gasteiger partial charge in [-0.25, -0.2) is 4.39 Å². The predicted molar refractivity (Wildman–Crippen MR) is 66.1 cm³/mol. The third-order valence-corrected chi connectivity index (χ3v) is 2.74. The van der Waals surface area contributed by atoms with Crippen LogP contribution in [0.4, 0.5) is 10.1 Å². The summed E-state index contributed by atoms with van der Waals surface area (Å²) in [4.78, 5) is 12.4. The van der Waals surface area contributed by atoms with E-state index in [0.717, 1.165) is 5.69 Å². The summed E-state index contributed by atoms with van der Waals surface area (Å²) in [6, 6.07) is 4.45. The van der Waals surface area contributed by atoms with Crippen molar-refractivity contribution in [2.24, 2.45) is 5.92 Å². The fraction of sp³-hybridized carbons (Fsp3) is 0.417. The third-order valence-electron chi connectivity index (χ3n) is 2.45. The van der Waals surface area contributed by atoms with Gasteiger partial charge in [-0.2, -0.15) is 0 Å². The van der Waals surface area contributed by atoms with Gasteiger partial charge in [0, 0.05) is 25.7 Å². The molecule has 0 spiro atoms. The average Bonchev–Trinajstić information content (AvgIpc) is 2.20. The van der Waals surface area contributed by atoms with Crippen molar-refractivity contribution >= 4 is 23.3 Å². The van der Waals surface area contributed by atoms with Crippen molar-refractivity contribution in [2.75, 3.05) is 18.5 Å². The molecule has 0 aliphatic heterocycles. The SMILES string of the molecule is CC(CC(=O)O)CN(C)c1ccc(F)c(Cl)c1. The second kappa shape index (κ2) is 5.87. The van der Waals surface area contributed by atoms with Gasteiger partial charge in [0.15, 0.2) is 0 Å². The Morgan fingerprint density at radius 1 is 1.59 bits per heavy atom. The lowest BCUT2D eigenvalue weighted by molar-refractivity contribution is -0.137. The molecule has 0 fully saturated rings. The number of aliphatic carboxylic acids is 1. The van der Waals surface area contributed by atoms with Crippen LogP contribution < -0.4 is 4.90 Å². The number of anilines is 1. The van der Waals surface area contributed by atoms with Gasteiger partial charge in [0.2, 0.25) is 0 Å². The second-order valence-electron chi connectivity index (χ2n) is 4.18. The average molecular weight is 260 g/mol. The van der Waals surface area contributed by atoms with Gasteiger partial charge >= 0.3 is 5.97 Å². The van der Waals surface area contributed by atoms with Gasteiger partial charge in [-0.05, 0) is 24.1 Å². The molecule has 1 atom stereocenters. The minimum Gasteiger partial charge on any atom is -0.481 e. The molecule has 1 rings (SSSR count). The molecule has 5 heteroatoms. The molecule has 1 aromatic rings. The van der Waals surface area contributed by atoms with Gasteiger partial charge in [0.1, 0.15) is 5.82 Å². The molecule has 1 unspecified atom stereocenters. The van der Waals surface area contributed by atoms with E-state index in [0.29, 0.717) is 6.54 Å². The van der Waals surface area contributed by atoms with E-state index in [1.54, 1.807) is 6.07 Å². The van der Waals surface area contributed by atoms with E-state index >= 15 is 0 Å². The number of carbonyl (C=O) groups is 1. The van der Waals surface area contributed by atoms with Gasteiger partial charge in [-0.15, -0.1) is 0 Å². The number of hydrogen-bond donors (Lipinski definition) is 1. The first-order chi connectivity index (χ1) is 7.90. The predicted octanol–water partition coefficient (Wildman–Crippen LogP) is 3.03. The molecular weight excluding hydrogens is 245 g/mol. The second-order valence-corrected chi connectivity index (χ2v) is 4.59. The van der Waals surface area contributed by atoms with Crippen molar-refractivity contribution in [3.05, 3.63) is 29.0 Å². The van der Waals surface area contributed by atoms with Crippen LogP contribution >= 0.6 is 11.6 Å². The van der Waals surface area contributed by atoms with Crippen LogP contribution in [0.15, 0.2) is 18.2 Å². The van der Waals surface area contributed by atoms with Crippen LogP contribution in [0, 0.1) is 11.7 Å². The molecule has 0 bridgehead atoms. The van der Waals surface area contributed by atoms with Crippen LogP contribution in [-0.4, -0.2) is 24.7 Å². The minimum atomic E-state index is -0.817. The van der Waals surface area contributed by atoms with Crippen molar-refractivity contribution in [2.45, 2.75) is 13.3 Å². The fourth-order valence-electron chi connectivity index (χ4n) is 1.66. The van der Waals surface area contributed by atoms with Crippen LogP contribution in [0.2, 0.25) is 5.02 Å². The molecule has 94 valence electrons. The highest BCUT2D eigenvalue weighted by atomic mass is 35.5. The highest BCUT2D eigenvalue weighted by Gasteiger charge is 2.12. The van der Waals surface area contributed by atoms with Crippen LogP contribution in [0.1, 0.15) is 13.3 Å². The van der Waals surface area contributed by atoms with Crippen molar-refractivity contribution in [3.63, 3.8) is 0 Å². The fourth-order valence-corrected chi connectivity index (χ4v) is 1.83. The highest BCUT2D eigenvalue weighted by Crippen LogP contribution is 2.22. The van der Waals surface area contributed by atoms with Crippen LogP contribution in [-0.2, 0) is 4.79 Å². The van der Waals surface area contributed by atoms with Gasteiger partial charge in [0.05, 0.1) is 5.02 Å². The first-order valence-corrected chi connectivity index (χ1v) is 5.66. The molecule has 0 aliphatic rings. The van der Waals surface area contributed by atoms with E-state index in [9.17, 15) is 9.18 Å². The van der Waals surface area contributed by atoms with Crippen LogP contribution in [0.5, 0.6) is 0 Å². The number of benzene rings is 1. The van der Waals surface area contributed by atoms with Gasteiger partial charge < -0.3 is 10.0 Å². The van der Waals surface area contributed by atoms with E-state index < -0.39 is 11.8 Å². The standard InChI is InChI=1S/C12H15ClFNO2/c1-8(5-12(16)17)7-15(2)9-3-4-11(14)10(13)6-9/h3-4,6,8H,5,7H2,1-2H3,(H,16,17). The third kappa shape index (κ3) is 4.23. The van der Waals surface area contributed by atoms with Crippen molar-refractivity contribution in [3.8, 4) is 0 Å². The Labute approximate surface area is 105 Å². The van der Waals surface area contributed by atoms with Gasteiger partial charge in [0.25, 0.3) is 0 Å². The summed E-state index contributed by atoms with van der Waals surface area (Å²) in [6.45, 7) is 2.43. The molecule has 0 saturated carbocycles. The first kappa shape index (κ1) is 13.8. The zero-order valence-electron chi connectivity index (χ0n) is 9.78. The first-order valence-electron chi connectivity index (χ1n) is 5.28. The van der Waals surface area contributed by atoms with Crippen LogP contribution in [0.3, 0.4) is 0 Å². The number of carboxylic acids is 1. The maximum atomic E-state index is 13.0. The monoisotopic (exact) mass is 259 g/mol. The summed E-state index contributed by atoms with van der Waals surface area (Å²) in [5.41, 5.74) is 0.772. The lowest BCUT2D eigenvalue weighted by Crippen LogP contribution is -2.25. The van der Waals surface area contributed by atoms with Gasteiger partial charge in [-0.3, -0.25) is 4.79 Å². The van der Waals surface area contributed by atoms with E-state index in [1.807, 2.05) is 18.9 Å².